The fourth-order valence-electron chi connectivity index (χ4n) is 3.35. The first-order valence-electron chi connectivity index (χ1n) is 9.65. The molecule has 5 rings (SSSR count). The third kappa shape index (κ3) is 3.78. The Morgan fingerprint density at radius 1 is 1.00 bits per heavy atom. The molecule has 0 aliphatic heterocycles. The first-order chi connectivity index (χ1) is 15.2. The number of carbonyl (C=O) groups excluding carboxylic acids is 1. The monoisotopic (exact) mass is 412 g/mol. The van der Waals surface area contributed by atoms with E-state index in [9.17, 15) is 9.18 Å². The van der Waals surface area contributed by atoms with Crippen LogP contribution in [0.4, 0.5) is 15.9 Å². The zero-order chi connectivity index (χ0) is 21.2. The molecule has 8 heteroatoms. The van der Waals surface area contributed by atoms with E-state index in [1.807, 2.05) is 34.7 Å². The van der Waals surface area contributed by atoms with Crippen LogP contribution < -0.4 is 10.6 Å². The second kappa shape index (κ2) is 7.83. The van der Waals surface area contributed by atoms with Gasteiger partial charge in [-0.2, -0.15) is 0 Å². The molecule has 2 N–H and O–H groups in total. The van der Waals surface area contributed by atoms with Gasteiger partial charge in [0.25, 0.3) is 5.91 Å². The zero-order valence-electron chi connectivity index (χ0n) is 16.3. The summed E-state index contributed by atoms with van der Waals surface area (Å²) < 4.78 is 14.9. The lowest BCUT2D eigenvalue weighted by atomic mass is 10.1. The van der Waals surface area contributed by atoms with Crippen LogP contribution in [0.15, 0.2) is 79.1 Å². The highest BCUT2D eigenvalue weighted by Gasteiger charge is 2.12. The lowest BCUT2D eigenvalue weighted by Crippen LogP contribution is -2.22. The van der Waals surface area contributed by atoms with E-state index in [-0.39, 0.29) is 11.7 Å². The van der Waals surface area contributed by atoms with Gasteiger partial charge in [0.1, 0.15) is 12.1 Å². The fourth-order valence-corrected chi connectivity index (χ4v) is 3.35. The maximum absolute atomic E-state index is 13.0. The highest BCUT2D eigenvalue weighted by atomic mass is 19.1. The van der Waals surface area contributed by atoms with Crippen molar-refractivity contribution in [3.63, 3.8) is 0 Å². The third-order valence-electron chi connectivity index (χ3n) is 4.89. The van der Waals surface area contributed by atoms with E-state index in [1.54, 1.807) is 36.7 Å². The minimum absolute atomic E-state index is 0.230. The number of nitrogens with zero attached hydrogens (tertiary/aromatic N) is 4. The smallest absolute Gasteiger partial charge is 0.251 e. The number of nitrogens with one attached hydrogen (secondary N) is 2. The van der Waals surface area contributed by atoms with Crippen molar-refractivity contribution < 1.29 is 9.18 Å². The lowest BCUT2D eigenvalue weighted by Gasteiger charge is -2.11. The molecule has 0 fully saturated rings. The number of para-hydroxylation sites is 2. The van der Waals surface area contributed by atoms with E-state index in [4.69, 9.17) is 0 Å². The first-order valence-corrected chi connectivity index (χ1v) is 9.65. The van der Waals surface area contributed by atoms with Crippen LogP contribution in [0.3, 0.4) is 0 Å². The molecule has 0 aliphatic carbocycles. The van der Waals surface area contributed by atoms with E-state index >= 15 is 0 Å². The molecule has 0 spiro atoms. The molecule has 2 heterocycles. The Labute approximate surface area is 176 Å². The van der Waals surface area contributed by atoms with Crippen molar-refractivity contribution in [3.8, 4) is 0 Å². The van der Waals surface area contributed by atoms with E-state index in [2.05, 4.69) is 25.8 Å². The Bertz CT molecular complexity index is 1400. The summed E-state index contributed by atoms with van der Waals surface area (Å²) in [7, 11) is 0. The maximum Gasteiger partial charge on any atom is 0.251 e. The van der Waals surface area contributed by atoms with Crippen LogP contribution in [-0.4, -0.2) is 25.5 Å². The Balaban J connectivity index is 1.38. The maximum atomic E-state index is 13.0. The van der Waals surface area contributed by atoms with Gasteiger partial charge in [0.05, 0.1) is 11.0 Å². The highest BCUT2D eigenvalue weighted by Crippen LogP contribution is 2.23. The third-order valence-corrected chi connectivity index (χ3v) is 4.89. The topological polar surface area (TPSA) is 84.2 Å². The number of rotatable bonds is 5. The number of fused-ring (bicyclic) bond motifs is 3. The summed E-state index contributed by atoms with van der Waals surface area (Å²) in [6.45, 7) is 0.309. The van der Waals surface area contributed by atoms with Crippen LogP contribution in [0.25, 0.3) is 16.7 Å². The SMILES string of the molecule is O=C(NCc1ccc(F)cc1)c1cccc(Nc2nc3ccccc3n3cnnc23)c1. The molecule has 0 atom stereocenters. The van der Waals surface area contributed by atoms with Crippen LogP contribution in [0.5, 0.6) is 0 Å². The van der Waals surface area contributed by atoms with Crippen molar-refractivity contribution in [2.24, 2.45) is 0 Å². The number of amides is 1. The molecule has 0 aliphatic rings. The predicted molar refractivity (Wildman–Crippen MR) is 116 cm³/mol. The number of anilines is 2. The zero-order valence-corrected chi connectivity index (χ0v) is 16.3. The summed E-state index contributed by atoms with van der Waals surface area (Å²) >= 11 is 0. The van der Waals surface area contributed by atoms with Crippen molar-refractivity contribution in [1.82, 2.24) is 24.9 Å². The Kier molecular flexibility index (Phi) is 4.72. The number of hydrogen-bond donors (Lipinski definition) is 2. The average molecular weight is 412 g/mol. The molecule has 2 aromatic heterocycles. The summed E-state index contributed by atoms with van der Waals surface area (Å²) in [5.74, 6) is 0.00470. The van der Waals surface area contributed by atoms with E-state index < -0.39 is 0 Å². The summed E-state index contributed by atoms with van der Waals surface area (Å²) in [5, 5.41) is 14.3. The van der Waals surface area contributed by atoms with Crippen molar-refractivity contribution >= 4 is 34.1 Å². The second-order valence-corrected chi connectivity index (χ2v) is 6.99. The largest absolute Gasteiger partial charge is 0.348 e. The predicted octanol–water partition coefficient (Wildman–Crippen LogP) is 4.09. The van der Waals surface area contributed by atoms with E-state index in [0.29, 0.717) is 29.3 Å². The van der Waals surface area contributed by atoms with Crippen molar-refractivity contribution in [1.29, 1.82) is 0 Å². The molecular weight excluding hydrogens is 395 g/mol. The normalized spacial score (nSPS) is 11.0. The number of halogens is 1. The summed E-state index contributed by atoms with van der Waals surface area (Å²) in [6, 6.07) is 20.8. The molecule has 31 heavy (non-hydrogen) atoms. The molecule has 3 aromatic carbocycles. The van der Waals surface area contributed by atoms with Crippen molar-refractivity contribution in [2.75, 3.05) is 5.32 Å². The van der Waals surface area contributed by atoms with Gasteiger partial charge in [-0.3, -0.25) is 9.20 Å². The van der Waals surface area contributed by atoms with Gasteiger partial charge in [0, 0.05) is 17.8 Å². The standard InChI is InChI=1S/C23H17FN6O/c24-17-10-8-15(9-11-17)13-25-23(31)16-4-3-5-18(12-16)27-21-22-29-26-14-30(22)20-7-2-1-6-19(20)28-21/h1-12,14H,13H2,(H,25,31)(H,27,28). The summed E-state index contributed by atoms with van der Waals surface area (Å²) in [5.41, 5.74) is 4.29. The molecule has 0 bridgehead atoms. The van der Waals surface area contributed by atoms with Gasteiger partial charge in [-0.1, -0.05) is 30.3 Å². The molecule has 0 unspecified atom stereocenters. The van der Waals surface area contributed by atoms with Gasteiger partial charge in [0.2, 0.25) is 5.65 Å². The van der Waals surface area contributed by atoms with Crippen LogP contribution >= 0.6 is 0 Å². The fraction of sp³-hybridized carbons (Fsp3) is 0.0435. The Morgan fingerprint density at radius 2 is 1.84 bits per heavy atom. The number of hydrogen-bond acceptors (Lipinski definition) is 5. The Hall–Kier alpha value is -4.33. The van der Waals surface area contributed by atoms with Gasteiger partial charge < -0.3 is 10.6 Å². The van der Waals surface area contributed by atoms with Crippen LogP contribution in [0.2, 0.25) is 0 Å². The molecule has 152 valence electrons. The average Bonchev–Trinajstić information content (AvgIpc) is 3.30. The number of aromatic nitrogens is 4. The van der Waals surface area contributed by atoms with Crippen LogP contribution in [-0.2, 0) is 6.54 Å². The van der Waals surface area contributed by atoms with Crippen molar-refractivity contribution in [2.45, 2.75) is 6.54 Å². The molecule has 7 nitrogen and oxygen atoms in total. The summed E-state index contributed by atoms with van der Waals surface area (Å²) in [6.07, 6.45) is 1.64. The number of benzene rings is 3. The molecule has 0 saturated heterocycles. The lowest BCUT2D eigenvalue weighted by molar-refractivity contribution is 0.0951. The van der Waals surface area contributed by atoms with Gasteiger partial charge in [0.15, 0.2) is 5.82 Å². The van der Waals surface area contributed by atoms with E-state index in [1.165, 1.54) is 12.1 Å². The number of carbonyl (C=O) groups is 1. The van der Waals surface area contributed by atoms with Gasteiger partial charge in [-0.05, 0) is 48.0 Å². The molecule has 5 aromatic rings. The molecule has 0 saturated carbocycles. The van der Waals surface area contributed by atoms with Crippen LogP contribution in [0.1, 0.15) is 15.9 Å². The first kappa shape index (κ1) is 18.7. The Morgan fingerprint density at radius 3 is 2.71 bits per heavy atom. The molecule has 1 amide bonds. The minimum atomic E-state index is -0.307. The minimum Gasteiger partial charge on any atom is -0.348 e. The van der Waals surface area contributed by atoms with Gasteiger partial charge >= 0.3 is 0 Å². The molecule has 0 radical (unpaired) electrons. The molecular formula is C23H17FN6O. The van der Waals surface area contributed by atoms with Gasteiger partial charge in [-0.15, -0.1) is 10.2 Å². The second-order valence-electron chi connectivity index (χ2n) is 6.99. The highest BCUT2D eigenvalue weighted by molar-refractivity contribution is 5.95. The van der Waals surface area contributed by atoms with Crippen LogP contribution in [0, 0.1) is 5.82 Å². The summed E-state index contributed by atoms with van der Waals surface area (Å²) in [4.78, 5) is 17.2. The van der Waals surface area contributed by atoms with Crippen molar-refractivity contribution in [3.05, 3.63) is 96.1 Å². The van der Waals surface area contributed by atoms with E-state index in [0.717, 1.165) is 16.6 Å². The quantitative estimate of drug-likeness (QED) is 0.454. The van der Waals surface area contributed by atoms with Gasteiger partial charge in [-0.25, -0.2) is 9.37 Å².